The number of likely N-dealkylation sites (tertiary alicyclic amines) is 1. The van der Waals surface area contributed by atoms with Crippen molar-refractivity contribution < 1.29 is 17.9 Å². The summed E-state index contributed by atoms with van der Waals surface area (Å²) in [7, 11) is -1.54. The summed E-state index contributed by atoms with van der Waals surface area (Å²) < 4.78 is 27.9. The number of sulfone groups is 1. The molecule has 1 saturated heterocycles. The molecule has 1 aromatic carbocycles. The van der Waals surface area contributed by atoms with E-state index in [2.05, 4.69) is 5.32 Å². The normalized spacial score (nSPS) is 17.0. The van der Waals surface area contributed by atoms with Crippen LogP contribution in [-0.4, -0.2) is 57.7 Å². The van der Waals surface area contributed by atoms with E-state index in [-0.39, 0.29) is 25.2 Å². The van der Waals surface area contributed by atoms with Gasteiger partial charge in [-0.05, 0) is 17.7 Å². The molecule has 1 heterocycles. The number of urea groups is 1. The summed E-state index contributed by atoms with van der Waals surface area (Å²) in [6.07, 6.45) is 1.19. The molecule has 0 aromatic heterocycles. The fourth-order valence-electron chi connectivity index (χ4n) is 2.23. The van der Waals surface area contributed by atoms with Gasteiger partial charge in [0.05, 0.1) is 17.9 Å². The molecule has 0 aliphatic carbocycles. The highest BCUT2D eigenvalue weighted by Gasteiger charge is 2.37. The van der Waals surface area contributed by atoms with Crippen LogP contribution in [0, 0.1) is 0 Å². The van der Waals surface area contributed by atoms with Gasteiger partial charge in [0.1, 0.15) is 0 Å². The summed E-state index contributed by atoms with van der Waals surface area (Å²) in [6, 6.07) is 6.53. The predicted molar refractivity (Wildman–Crippen MR) is 84.8 cm³/mol. The fraction of sp³-hybridized carbons (Fsp3) is 0.500. The van der Waals surface area contributed by atoms with Gasteiger partial charge in [-0.2, -0.15) is 0 Å². The maximum Gasteiger partial charge on any atom is 0.318 e. The molecule has 6 nitrogen and oxygen atoms in total. The van der Waals surface area contributed by atoms with E-state index in [9.17, 15) is 13.2 Å². The quantitative estimate of drug-likeness (QED) is 0.876. The second kappa shape index (κ2) is 6.85. The van der Waals surface area contributed by atoms with Crippen molar-refractivity contribution >= 4 is 27.5 Å². The van der Waals surface area contributed by atoms with Crippen molar-refractivity contribution in [3.8, 4) is 0 Å². The number of carbonyl (C=O) groups excluding carboxylic acids is 1. The van der Waals surface area contributed by atoms with Crippen LogP contribution in [0.3, 0.4) is 0 Å². The van der Waals surface area contributed by atoms with Crippen molar-refractivity contribution in [3.05, 3.63) is 34.9 Å². The maximum absolute atomic E-state index is 12.2. The average Bonchev–Trinajstić information content (AvgIpc) is 2.34. The Morgan fingerprint density at radius 2 is 2.18 bits per heavy atom. The van der Waals surface area contributed by atoms with Gasteiger partial charge in [-0.3, -0.25) is 0 Å². The Labute approximate surface area is 135 Å². The molecule has 1 aliphatic rings. The first-order valence-corrected chi connectivity index (χ1v) is 9.13. The van der Waals surface area contributed by atoms with Crippen LogP contribution in [0.15, 0.2) is 24.3 Å². The van der Waals surface area contributed by atoms with Crippen molar-refractivity contribution in [3.63, 3.8) is 0 Å². The maximum atomic E-state index is 12.2. The third kappa shape index (κ3) is 4.12. The van der Waals surface area contributed by atoms with Crippen LogP contribution in [0.4, 0.5) is 4.79 Å². The van der Waals surface area contributed by atoms with Crippen LogP contribution < -0.4 is 5.32 Å². The second-order valence-electron chi connectivity index (χ2n) is 5.37. The van der Waals surface area contributed by atoms with E-state index in [1.165, 1.54) is 11.2 Å². The highest BCUT2D eigenvalue weighted by molar-refractivity contribution is 7.91. The minimum atomic E-state index is -3.09. The second-order valence-corrected chi connectivity index (χ2v) is 8.13. The molecule has 122 valence electrons. The highest BCUT2D eigenvalue weighted by atomic mass is 35.5. The molecule has 2 amide bonds. The number of methoxy groups -OCH3 is 1. The lowest BCUT2D eigenvalue weighted by atomic mass is 10.1. The molecule has 0 saturated carbocycles. The SMILES string of the molecule is COCC(NC(=O)N1CC(S(C)(=O)=O)C1)c1cccc(Cl)c1. The van der Waals surface area contributed by atoms with Gasteiger partial charge in [0.15, 0.2) is 9.84 Å². The van der Waals surface area contributed by atoms with Crippen LogP contribution >= 0.6 is 11.6 Å². The summed E-state index contributed by atoms with van der Waals surface area (Å²) >= 11 is 5.97. The van der Waals surface area contributed by atoms with Crippen molar-refractivity contribution in [2.24, 2.45) is 0 Å². The van der Waals surface area contributed by atoms with Crippen molar-refractivity contribution in [1.82, 2.24) is 10.2 Å². The first-order valence-electron chi connectivity index (χ1n) is 6.80. The molecule has 0 bridgehead atoms. The van der Waals surface area contributed by atoms with E-state index in [4.69, 9.17) is 16.3 Å². The predicted octanol–water partition coefficient (Wildman–Crippen LogP) is 1.47. The number of rotatable bonds is 5. The zero-order valence-corrected chi connectivity index (χ0v) is 14.0. The number of benzene rings is 1. The zero-order chi connectivity index (χ0) is 16.3. The minimum Gasteiger partial charge on any atom is -0.382 e. The number of ether oxygens (including phenoxy) is 1. The lowest BCUT2D eigenvalue weighted by molar-refractivity contribution is 0.142. The molecule has 0 radical (unpaired) electrons. The number of halogens is 1. The summed E-state index contributed by atoms with van der Waals surface area (Å²) in [5.74, 6) is 0. The average molecular weight is 347 g/mol. The minimum absolute atomic E-state index is 0.222. The smallest absolute Gasteiger partial charge is 0.318 e. The molecule has 1 fully saturated rings. The number of hydrogen-bond donors (Lipinski definition) is 1. The van der Waals surface area contributed by atoms with Crippen molar-refractivity contribution in [1.29, 1.82) is 0 Å². The molecule has 1 aliphatic heterocycles. The van der Waals surface area contributed by atoms with E-state index in [0.29, 0.717) is 11.6 Å². The van der Waals surface area contributed by atoms with E-state index in [1.807, 2.05) is 6.07 Å². The Bertz CT molecular complexity index is 644. The number of nitrogens with zero attached hydrogens (tertiary/aromatic N) is 1. The first kappa shape index (κ1) is 17.1. The van der Waals surface area contributed by atoms with Gasteiger partial charge in [0.2, 0.25) is 0 Å². The van der Waals surface area contributed by atoms with Gasteiger partial charge in [-0.15, -0.1) is 0 Å². The molecule has 0 spiro atoms. The van der Waals surface area contributed by atoms with Crippen molar-refractivity contribution in [2.45, 2.75) is 11.3 Å². The molecular weight excluding hydrogens is 328 g/mol. The van der Waals surface area contributed by atoms with Crippen LogP contribution in [0.1, 0.15) is 11.6 Å². The van der Waals surface area contributed by atoms with Crippen molar-refractivity contribution in [2.75, 3.05) is 33.1 Å². The molecule has 8 heteroatoms. The number of hydrogen-bond acceptors (Lipinski definition) is 4. The largest absolute Gasteiger partial charge is 0.382 e. The standard InChI is InChI=1S/C14H19ClN2O4S/c1-21-9-13(10-4-3-5-11(15)6-10)16-14(18)17-7-12(8-17)22(2,19)20/h3-6,12-13H,7-9H2,1-2H3,(H,16,18). The third-order valence-electron chi connectivity index (χ3n) is 3.62. The molecule has 1 atom stereocenters. The van der Waals surface area contributed by atoms with Gasteiger partial charge >= 0.3 is 6.03 Å². The summed E-state index contributed by atoms with van der Waals surface area (Å²) in [4.78, 5) is 13.6. The van der Waals surface area contributed by atoms with Crippen LogP contribution in [0.2, 0.25) is 5.02 Å². The Kier molecular flexibility index (Phi) is 5.31. The molecule has 1 aromatic rings. The Balaban J connectivity index is 1.99. The van der Waals surface area contributed by atoms with Gasteiger partial charge in [-0.25, -0.2) is 13.2 Å². The highest BCUT2D eigenvalue weighted by Crippen LogP contribution is 2.20. The molecule has 22 heavy (non-hydrogen) atoms. The molecule has 2 rings (SSSR count). The zero-order valence-electron chi connectivity index (χ0n) is 12.5. The molecule has 1 N–H and O–H groups in total. The fourth-order valence-corrected chi connectivity index (χ4v) is 3.33. The number of nitrogens with one attached hydrogen (secondary N) is 1. The van der Waals surface area contributed by atoms with E-state index >= 15 is 0 Å². The van der Waals surface area contributed by atoms with Gasteiger partial charge in [0, 0.05) is 31.5 Å². The van der Waals surface area contributed by atoms with Gasteiger partial charge in [-0.1, -0.05) is 23.7 Å². The molecular formula is C14H19ClN2O4S. The summed E-state index contributed by atoms with van der Waals surface area (Å²) in [6.45, 7) is 0.745. The topological polar surface area (TPSA) is 75.7 Å². The van der Waals surface area contributed by atoms with E-state index in [0.717, 1.165) is 5.56 Å². The third-order valence-corrected chi connectivity index (χ3v) is 5.37. The summed E-state index contributed by atoms with van der Waals surface area (Å²) in [5, 5.41) is 2.95. The van der Waals surface area contributed by atoms with Crippen LogP contribution in [-0.2, 0) is 14.6 Å². The van der Waals surface area contributed by atoms with E-state index < -0.39 is 15.1 Å². The summed E-state index contributed by atoms with van der Waals surface area (Å²) in [5.41, 5.74) is 0.836. The molecule has 1 unspecified atom stereocenters. The van der Waals surface area contributed by atoms with E-state index in [1.54, 1.807) is 25.3 Å². The number of amides is 2. The Hall–Kier alpha value is -1.31. The lowest BCUT2D eigenvalue weighted by Gasteiger charge is -2.38. The Morgan fingerprint density at radius 1 is 1.50 bits per heavy atom. The Morgan fingerprint density at radius 3 is 2.73 bits per heavy atom. The number of carbonyl (C=O) groups is 1. The van der Waals surface area contributed by atoms with Crippen LogP contribution in [0.25, 0.3) is 0 Å². The monoisotopic (exact) mass is 346 g/mol. The van der Waals surface area contributed by atoms with Gasteiger partial charge in [0.25, 0.3) is 0 Å². The van der Waals surface area contributed by atoms with Gasteiger partial charge < -0.3 is 15.0 Å². The lowest BCUT2D eigenvalue weighted by Crippen LogP contribution is -2.59. The van der Waals surface area contributed by atoms with Crippen LogP contribution in [0.5, 0.6) is 0 Å². The first-order chi connectivity index (χ1) is 10.3.